The quantitative estimate of drug-likeness (QED) is 0.0338. The van der Waals surface area contributed by atoms with Crippen molar-refractivity contribution in [3.8, 4) is 0 Å². The number of carboxylic acid groups (broad SMARTS) is 2. The minimum atomic E-state index is -6.13. The van der Waals surface area contributed by atoms with Crippen LogP contribution in [0.4, 0.5) is 0 Å². The Morgan fingerprint density at radius 3 is 1.55 bits per heavy atom. The van der Waals surface area contributed by atoms with Gasteiger partial charge >= 0.3 is 177 Å². The smallest absolute Gasteiger partial charge is 0.735 e. The number of carbonyl (C=O) groups excluding carboxylic acids is 3. The topological polar surface area (TPSA) is 564 Å². The molecule has 0 aliphatic carbocycles. The van der Waals surface area contributed by atoms with Gasteiger partial charge in [-0.1, -0.05) is 0 Å². The molecule has 18 atom stereocenters. The molecule has 4 aliphatic heterocycles. The molecule has 0 bridgehead atoms. The van der Waals surface area contributed by atoms with Gasteiger partial charge in [-0.05, 0) is 6.08 Å². The van der Waals surface area contributed by atoms with E-state index >= 15 is 0 Å². The Morgan fingerprint density at radius 1 is 0.606 bits per heavy atom. The number of carboxylic acids is 2. The Hall–Kier alpha value is 2.95. The van der Waals surface area contributed by atoms with Crippen LogP contribution in [-0.4, -0.2) is 224 Å². The van der Waals surface area contributed by atoms with Crippen LogP contribution in [-0.2, 0) is 102 Å². The van der Waals surface area contributed by atoms with Crippen LogP contribution in [0.5, 0.6) is 0 Å². The van der Waals surface area contributed by atoms with Gasteiger partial charge in [0.05, 0.1) is 19.2 Å². The van der Waals surface area contributed by atoms with E-state index in [0.29, 0.717) is 6.08 Å². The number of carbonyl (C=O) groups is 3. The second kappa shape index (κ2) is 32.4. The predicted molar refractivity (Wildman–Crippen MR) is 176 cm³/mol. The molecule has 45 heteroatoms. The molecule has 376 valence electrons. The maximum Gasteiger partial charge on any atom is 1.00 e. The van der Waals surface area contributed by atoms with Gasteiger partial charge in [-0.3, -0.25) is 17.3 Å². The summed E-state index contributed by atoms with van der Waals surface area (Å²) in [6, 6.07) is -4.89. The van der Waals surface area contributed by atoms with E-state index in [2.05, 4.69) is 12.5 Å². The van der Waals surface area contributed by atoms with Crippen molar-refractivity contribution in [2.75, 3.05) is 13.2 Å². The van der Waals surface area contributed by atoms with Crippen LogP contribution in [0.2, 0.25) is 0 Å². The van der Waals surface area contributed by atoms with Gasteiger partial charge in [0.25, 0.3) is 0 Å². The number of ether oxygens (including phenoxy) is 7. The summed E-state index contributed by atoms with van der Waals surface area (Å²) in [7, 11) is -23.4. The van der Waals surface area contributed by atoms with Crippen molar-refractivity contribution < 1.29 is 330 Å². The van der Waals surface area contributed by atoms with E-state index in [9.17, 15) is 107 Å². The SMILES string of the molecule is CC(=O)N[C@H]1[C@@H](O[C@H]2[C@H](O)[C@@H](O)[C@H](O[C@H]3[C@H](OS(=O)(=O)[O-])[C@@H](NS(=O)(=O)[O-])C(O)O[C@@H]3COS(=O)(=O)[O-])O[C@@H]2C(=O)[O-])O[C@H](COS(=O)(=O)[O-])[C@@H](O[C@@H]2OC(C(=O)[O-])=C[C@H](O)[C@H]2O)[C@@H]1O.[Na+].[Na+].[Na+].[Na+].[Na+].[Na+]. The molecular weight excluding hydrogens is 1130 g/mol. The third kappa shape index (κ3) is 23.5. The van der Waals surface area contributed by atoms with Crippen LogP contribution >= 0.6 is 0 Å². The van der Waals surface area contributed by atoms with E-state index in [0.717, 1.165) is 11.6 Å². The first-order chi connectivity index (χ1) is 29.7. The van der Waals surface area contributed by atoms with Gasteiger partial charge < -0.3 is 107 Å². The molecule has 0 saturated carbocycles. The van der Waals surface area contributed by atoms with Gasteiger partial charge in [-0.15, -0.1) is 0 Å². The normalized spacial score (nSPS) is 35.3. The Kier molecular flexibility index (Phi) is 35.7. The number of aliphatic hydroxyl groups is 6. The first-order valence-corrected chi connectivity index (χ1v) is 22.7. The monoisotopic (exact) mass is 1170 g/mol. The molecule has 0 radical (unpaired) electrons. The fraction of sp³-hybridized carbons (Fsp3) is 0.808. The first-order valence-electron chi connectivity index (χ1n) is 17.3. The van der Waals surface area contributed by atoms with Gasteiger partial charge in [0, 0.05) is 6.92 Å². The number of rotatable bonds is 19. The number of hydrogen-bond donors (Lipinski definition) is 8. The minimum absolute atomic E-state index is 0. The van der Waals surface area contributed by atoms with E-state index in [1.807, 2.05) is 5.32 Å². The molecule has 3 fully saturated rings. The van der Waals surface area contributed by atoms with E-state index in [1.165, 1.54) is 0 Å². The Balaban J connectivity index is -0.00000771. The van der Waals surface area contributed by atoms with Crippen molar-refractivity contribution in [3.05, 3.63) is 11.8 Å². The molecule has 4 rings (SSSR count). The second-order valence-corrected chi connectivity index (χ2v) is 17.8. The van der Waals surface area contributed by atoms with Gasteiger partial charge in [0.1, 0.15) is 97.1 Å². The summed E-state index contributed by atoms with van der Waals surface area (Å²) in [5.41, 5.74) is 0. The van der Waals surface area contributed by atoms with Gasteiger partial charge in [0.2, 0.25) is 43.4 Å². The molecule has 4 heterocycles. The Bertz CT molecular complexity index is 2240. The Labute approximate surface area is 534 Å². The molecule has 35 nitrogen and oxygen atoms in total. The second-order valence-electron chi connectivity index (χ2n) is 13.6. The third-order valence-electron chi connectivity index (χ3n) is 9.02. The molecule has 1 amide bonds. The number of aliphatic hydroxyl groups excluding tert-OH is 6. The number of amides is 1. The molecule has 0 aromatic carbocycles. The van der Waals surface area contributed by atoms with Crippen molar-refractivity contribution in [2.45, 2.75) is 117 Å². The van der Waals surface area contributed by atoms with Crippen molar-refractivity contribution in [2.24, 2.45) is 0 Å². The summed E-state index contributed by atoms with van der Waals surface area (Å²) in [6.45, 7) is -2.39. The standard InChI is InChI=1S/C26H40N2O33S4.6Na/c1-5(29)27-10-13(32)16(57-25-12(31)6(30)2-7(55-25)21(35)36)8(3-52-63(43,44)45)56-24(10)59-19-14(33)15(34)26(60-20(19)22(37)38)58-17-9(4-53-64(46,47)48)54-23(39)11(28-62(40,41)42)18(17)61-65(49,50)51;;;;;;/h2,6,8-20,23-26,28,30-34,39H,3-4H2,1H3,(H,27,29)(H,35,36)(H,37,38)(H,40,41,42)(H,43,44,45)(H,46,47,48)(H,49,50,51);;;;;;/q;6*+1/p-6/t6-,8+,9+,10+,11+,12+,13+,14+,15+,16+,17+,18+,19-,20-,23?,24+,25-,26+;;;;;;/m0....../s1. The van der Waals surface area contributed by atoms with Crippen molar-refractivity contribution in [3.63, 3.8) is 0 Å². The summed E-state index contributed by atoms with van der Waals surface area (Å²) in [5, 5.41) is 90.5. The summed E-state index contributed by atoms with van der Waals surface area (Å²) < 4.78 is 187. The Morgan fingerprint density at radius 2 is 1.10 bits per heavy atom. The van der Waals surface area contributed by atoms with E-state index in [4.69, 9.17) is 33.2 Å². The zero-order chi connectivity index (χ0) is 49.3. The zero-order valence-electron chi connectivity index (χ0n) is 37.7. The molecule has 1 unspecified atom stereocenters. The van der Waals surface area contributed by atoms with Crippen molar-refractivity contribution >= 4 is 59.3 Å². The maximum atomic E-state index is 12.5. The van der Waals surface area contributed by atoms with Crippen LogP contribution in [0.1, 0.15) is 6.92 Å². The van der Waals surface area contributed by atoms with Crippen LogP contribution in [0.3, 0.4) is 0 Å². The van der Waals surface area contributed by atoms with Crippen LogP contribution in [0, 0.1) is 0 Å². The van der Waals surface area contributed by atoms with Gasteiger partial charge in [0.15, 0.2) is 29.2 Å². The average Bonchev–Trinajstić information content (AvgIpc) is 3.14. The number of nitrogens with one attached hydrogen (secondary N) is 2. The number of aliphatic carboxylic acids is 2. The zero-order valence-corrected chi connectivity index (χ0v) is 53.0. The van der Waals surface area contributed by atoms with E-state index < -0.39 is 189 Å². The van der Waals surface area contributed by atoms with Crippen molar-refractivity contribution in [1.29, 1.82) is 0 Å². The predicted octanol–water partition coefficient (Wildman–Crippen LogP) is -31.4. The van der Waals surface area contributed by atoms with E-state index in [-0.39, 0.29) is 177 Å². The first kappa shape index (κ1) is 78.2. The summed E-state index contributed by atoms with van der Waals surface area (Å²) in [4.78, 5) is 36.2. The number of hydrogen-bond acceptors (Lipinski definition) is 33. The summed E-state index contributed by atoms with van der Waals surface area (Å²) in [5.74, 6) is -6.78. The third-order valence-corrected chi connectivity index (χ3v) is 10.9. The van der Waals surface area contributed by atoms with E-state index in [1.54, 1.807) is 0 Å². The molecule has 71 heavy (non-hydrogen) atoms. The molecule has 3 saturated heterocycles. The average molecular weight is 1170 g/mol. The maximum absolute atomic E-state index is 12.5. The summed E-state index contributed by atoms with van der Waals surface area (Å²) >= 11 is 0. The van der Waals surface area contributed by atoms with Gasteiger partial charge in [-0.25, -0.2) is 38.4 Å². The fourth-order valence-corrected chi connectivity index (χ4v) is 8.10. The van der Waals surface area contributed by atoms with Crippen LogP contribution in [0.15, 0.2) is 11.8 Å². The van der Waals surface area contributed by atoms with Crippen LogP contribution < -0.4 is 198 Å². The molecule has 4 aliphatic rings. The largest absolute Gasteiger partial charge is 1.00 e. The minimum Gasteiger partial charge on any atom is -0.735 e. The fourth-order valence-electron chi connectivity index (χ4n) is 6.42. The van der Waals surface area contributed by atoms with Crippen molar-refractivity contribution in [1.82, 2.24) is 10.0 Å². The van der Waals surface area contributed by atoms with Gasteiger partial charge in [-0.2, -0.15) is 0 Å². The molecular formula is C26H34N2Na6O33S4. The molecule has 0 aromatic rings. The van der Waals surface area contributed by atoms with Crippen LogP contribution in [0.25, 0.3) is 0 Å². The summed E-state index contributed by atoms with van der Waals surface area (Å²) in [6.07, 6.45) is -40.4. The molecule has 0 spiro atoms. The molecule has 0 aromatic heterocycles. The molecule has 8 N–H and O–H groups in total.